The van der Waals surface area contributed by atoms with E-state index in [9.17, 15) is 24.4 Å². The highest BCUT2D eigenvalue weighted by molar-refractivity contribution is 5.93. The van der Waals surface area contributed by atoms with Gasteiger partial charge in [0.2, 0.25) is 11.8 Å². The van der Waals surface area contributed by atoms with Crippen LogP contribution in [0.2, 0.25) is 0 Å². The zero-order valence-corrected chi connectivity index (χ0v) is 21.6. The number of carbonyl (C=O) groups excluding carboxylic acids is 4. The Kier molecular flexibility index (Phi) is 11.4. The molecule has 2 atom stereocenters. The number of rotatable bonds is 10. The zero-order valence-electron chi connectivity index (χ0n) is 21.6. The second kappa shape index (κ2) is 13.7. The summed E-state index contributed by atoms with van der Waals surface area (Å²) in [5.41, 5.74) is 0.118. The number of esters is 1. The maximum atomic E-state index is 13.7. The SMILES string of the molecule is C#Cc1ccc(C(C(=O)NCC(=O)OC)N(CC#N)C(=O)C(CC(C)C)NC(=O)OC(C)(C)C)cc1. The molecule has 0 spiro atoms. The van der Waals surface area contributed by atoms with E-state index >= 15 is 0 Å². The fourth-order valence-corrected chi connectivity index (χ4v) is 3.28. The van der Waals surface area contributed by atoms with E-state index in [2.05, 4.69) is 21.3 Å². The number of ether oxygens (including phenoxy) is 2. The predicted molar refractivity (Wildman–Crippen MR) is 132 cm³/mol. The number of hydrogen-bond acceptors (Lipinski definition) is 7. The monoisotopic (exact) mass is 498 g/mol. The van der Waals surface area contributed by atoms with Crippen LogP contribution in [0.3, 0.4) is 0 Å². The Balaban J connectivity index is 3.45. The first-order chi connectivity index (χ1) is 16.8. The van der Waals surface area contributed by atoms with Gasteiger partial charge in [-0.25, -0.2) is 4.79 Å². The van der Waals surface area contributed by atoms with E-state index in [1.165, 1.54) is 7.11 Å². The molecule has 0 aliphatic heterocycles. The average Bonchev–Trinajstić information content (AvgIpc) is 2.80. The highest BCUT2D eigenvalue weighted by Crippen LogP contribution is 2.24. The molecule has 0 aromatic heterocycles. The van der Waals surface area contributed by atoms with E-state index in [0.29, 0.717) is 11.1 Å². The van der Waals surface area contributed by atoms with Crippen molar-refractivity contribution in [2.75, 3.05) is 20.2 Å². The Hall–Kier alpha value is -4.05. The summed E-state index contributed by atoms with van der Waals surface area (Å²) in [5.74, 6) is 0.402. The molecule has 1 aromatic rings. The Morgan fingerprint density at radius 1 is 1.14 bits per heavy atom. The van der Waals surface area contributed by atoms with Crippen molar-refractivity contribution in [2.45, 2.75) is 58.7 Å². The summed E-state index contributed by atoms with van der Waals surface area (Å²) in [4.78, 5) is 52.1. The minimum absolute atomic E-state index is 0.0145. The van der Waals surface area contributed by atoms with Crippen LogP contribution in [-0.2, 0) is 23.9 Å². The molecule has 10 nitrogen and oxygen atoms in total. The van der Waals surface area contributed by atoms with Gasteiger partial charge in [-0.15, -0.1) is 6.42 Å². The van der Waals surface area contributed by atoms with Crippen LogP contribution in [0.25, 0.3) is 0 Å². The van der Waals surface area contributed by atoms with E-state index in [-0.39, 0.29) is 12.3 Å². The summed E-state index contributed by atoms with van der Waals surface area (Å²) in [5, 5.41) is 14.5. The molecule has 1 aromatic carbocycles. The van der Waals surface area contributed by atoms with Crippen LogP contribution in [0.4, 0.5) is 4.79 Å². The van der Waals surface area contributed by atoms with Gasteiger partial charge in [0.05, 0.1) is 13.2 Å². The third-order valence-electron chi connectivity index (χ3n) is 4.81. The number of alkyl carbamates (subject to hydrolysis) is 1. The number of nitrogens with zero attached hydrogens (tertiary/aromatic N) is 2. The van der Waals surface area contributed by atoms with Crippen LogP contribution in [0.1, 0.15) is 58.2 Å². The standard InChI is InChI=1S/C26H34N4O6/c1-8-18-9-11-19(12-10-18)22(23(32)28-16-21(31)35-7)30(14-13-27)24(33)20(15-17(2)3)29-25(34)36-26(4,5)6/h1,9-12,17,20,22H,14-16H2,2-7H3,(H,28,32)(H,29,34). The van der Waals surface area contributed by atoms with Gasteiger partial charge < -0.3 is 25.0 Å². The molecule has 0 radical (unpaired) electrons. The maximum Gasteiger partial charge on any atom is 0.408 e. The van der Waals surface area contributed by atoms with Crippen molar-refractivity contribution in [1.82, 2.24) is 15.5 Å². The normalized spacial score (nSPS) is 12.4. The van der Waals surface area contributed by atoms with Gasteiger partial charge in [-0.3, -0.25) is 14.4 Å². The minimum Gasteiger partial charge on any atom is -0.468 e. The van der Waals surface area contributed by atoms with Crippen molar-refractivity contribution in [3.05, 3.63) is 35.4 Å². The first kappa shape index (κ1) is 30.0. The van der Waals surface area contributed by atoms with Crippen molar-refractivity contribution < 1.29 is 28.7 Å². The second-order valence-electron chi connectivity index (χ2n) is 9.42. The van der Waals surface area contributed by atoms with Crippen LogP contribution < -0.4 is 10.6 Å². The molecule has 0 bridgehead atoms. The number of carbonyl (C=O) groups is 4. The molecule has 36 heavy (non-hydrogen) atoms. The van der Waals surface area contributed by atoms with Crippen molar-refractivity contribution in [3.8, 4) is 18.4 Å². The van der Waals surface area contributed by atoms with E-state index in [4.69, 9.17) is 11.2 Å². The second-order valence-corrected chi connectivity index (χ2v) is 9.42. The summed E-state index contributed by atoms with van der Waals surface area (Å²) >= 11 is 0. The van der Waals surface area contributed by atoms with Crippen molar-refractivity contribution in [2.24, 2.45) is 5.92 Å². The molecule has 0 saturated carbocycles. The molecule has 2 unspecified atom stereocenters. The van der Waals surface area contributed by atoms with Crippen LogP contribution in [-0.4, -0.2) is 60.6 Å². The molecule has 0 heterocycles. The summed E-state index contributed by atoms with van der Waals surface area (Å²) in [7, 11) is 1.18. The van der Waals surface area contributed by atoms with Gasteiger partial charge in [-0.05, 0) is 50.8 Å². The highest BCUT2D eigenvalue weighted by atomic mass is 16.6. The molecule has 2 N–H and O–H groups in total. The van der Waals surface area contributed by atoms with Crippen LogP contribution >= 0.6 is 0 Å². The molecule has 0 saturated heterocycles. The van der Waals surface area contributed by atoms with E-state index < -0.39 is 54.7 Å². The number of methoxy groups -OCH3 is 1. The first-order valence-corrected chi connectivity index (χ1v) is 11.4. The molecule has 0 fully saturated rings. The van der Waals surface area contributed by atoms with Crippen LogP contribution in [0.5, 0.6) is 0 Å². The smallest absolute Gasteiger partial charge is 0.408 e. The van der Waals surface area contributed by atoms with Crippen LogP contribution in [0, 0.1) is 29.6 Å². The number of hydrogen-bond donors (Lipinski definition) is 2. The lowest BCUT2D eigenvalue weighted by Crippen LogP contribution is -2.53. The zero-order chi connectivity index (χ0) is 27.5. The van der Waals surface area contributed by atoms with Gasteiger partial charge in [-0.1, -0.05) is 31.9 Å². The lowest BCUT2D eigenvalue weighted by molar-refractivity contribution is -0.144. The van der Waals surface area contributed by atoms with Crippen molar-refractivity contribution in [3.63, 3.8) is 0 Å². The largest absolute Gasteiger partial charge is 0.468 e. The molecule has 0 aliphatic carbocycles. The van der Waals surface area contributed by atoms with Gasteiger partial charge in [0.1, 0.15) is 30.8 Å². The molecule has 194 valence electrons. The predicted octanol–water partition coefficient (Wildman–Crippen LogP) is 2.29. The number of nitriles is 1. The summed E-state index contributed by atoms with van der Waals surface area (Å²) in [6.45, 7) is 7.90. The lowest BCUT2D eigenvalue weighted by atomic mass is 9.98. The van der Waals surface area contributed by atoms with Crippen molar-refractivity contribution >= 4 is 23.9 Å². The number of terminal acetylenes is 1. The molecule has 0 aliphatic rings. The van der Waals surface area contributed by atoms with E-state index in [0.717, 1.165) is 4.90 Å². The fraction of sp³-hybridized carbons (Fsp3) is 0.500. The first-order valence-electron chi connectivity index (χ1n) is 11.4. The number of amides is 3. The third kappa shape index (κ3) is 9.67. The van der Waals surface area contributed by atoms with Gasteiger partial charge in [0.25, 0.3) is 0 Å². The summed E-state index contributed by atoms with van der Waals surface area (Å²) < 4.78 is 9.87. The van der Waals surface area contributed by atoms with Gasteiger partial charge >= 0.3 is 12.1 Å². The molecule has 1 rings (SSSR count). The van der Waals surface area contributed by atoms with E-state index in [1.807, 2.05) is 19.9 Å². The average molecular weight is 499 g/mol. The lowest BCUT2D eigenvalue weighted by Gasteiger charge is -2.33. The fourth-order valence-electron chi connectivity index (χ4n) is 3.28. The molecular formula is C26H34N4O6. The topological polar surface area (TPSA) is 138 Å². The maximum absolute atomic E-state index is 13.7. The Morgan fingerprint density at radius 3 is 2.22 bits per heavy atom. The quantitative estimate of drug-likeness (QED) is 0.287. The van der Waals surface area contributed by atoms with Gasteiger partial charge in [0, 0.05) is 5.56 Å². The van der Waals surface area contributed by atoms with Gasteiger partial charge in [0.15, 0.2) is 0 Å². The number of nitrogens with one attached hydrogen (secondary N) is 2. The summed E-state index contributed by atoms with van der Waals surface area (Å²) in [6, 6.07) is 5.86. The number of benzene rings is 1. The minimum atomic E-state index is -1.29. The molecule has 10 heteroatoms. The molecule has 3 amide bonds. The highest BCUT2D eigenvalue weighted by Gasteiger charge is 2.36. The van der Waals surface area contributed by atoms with E-state index in [1.54, 1.807) is 45.0 Å². The van der Waals surface area contributed by atoms with Gasteiger partial charge in [-0.2, -0.15) is 5.26 Å². The summed E-state index contributed by atoms with van der Waals surface area (Å²) in [6.07, 6.45) is 4.85. The molecular weight excluding hydrogens is 464 g/mol. The van der Waals surface area contributed by atoms with Crippen LogP contribution in [0.15, 0.2) is 24.3 Å². The Labute approximate surface area is 212 Å². The third-order valence-corrected chi connectivity index (χ3v) is 4.81. The Bertz CT molecular complexity index is 1010. The van der Waals surface area contributed by atoms with Crippen molar-refractivity contribution in [1.29, 1.82) is 5.26 Å². The Morgan fingerprint density at radius 2 is 1.75 bits per heavy atom.